The average molecular weight is 239 g/mol. The molecule has 1 aromatic rings. The maximum atomic E-state index is 6.34. The summed E-state index contributed by atoms with van der Waals surface area (Å²) in [6, 6.07) is 5.93. The van der Waals surface area contributed by atoms with Crippen LogP contribution >= 0.6 is 11.6 Å². The second-order valence-electron chi connectivity index (χ2n) is 4.41. The van der Waals surface area contributed by atoms with Crippen LogP contribution in [-0.2, 0) is 0 Å². The molecule has 0 spiro atoms. The molecule has 0 radical (unpaired) electrons. The Balaban J connectivity index is 1.77. The molecule has 1 fully saturated rings. The number of halogens is 1. The van der Waals surface area contributed by atoms with Gasteiger partial charge in [0.25, 0.3) is 0 Å². The molecule has 1 saturated heterocycles. The lowest BCUT2D eigenvalue weighted by molar-refractivity contribution is 0.225. The predicted octanol–water partition coefficient (Wildman–Crippen LogP) is 3.24. The van der Waals surface area contributed by atoms with Crippen LogP contribution in [0.4, 0.5) is 0 Å². The van der Waals surface area contributed by atoms with E-state index in [-0.39, 0.29) is 5.38 Å². The summed E-state index contributed by atoms with van der Waals surface area (Å²) in [6.45, 7) is 3.59. The van der Waals surface area contributed by atoms with Gasteiger partial charge < -0.3 is 4.90 Å². The van der Waals surface area contributed by atoms with Crippen LogP contribution in [-0.4, -0.2) is 29.5 Å². The highest BCUT2D eigenvalue weighted by Crippen LogP contribution is 2.22. The van der Waals surface area contributed by atoms with E-state index in [1.165, 1.54) is 32.4 Å². The van der Waals surface area contributed by atoms with Gasteiger partial charge in [-0.2, -0.15) is 0 Å². The molecule has 16 heavy (non-hydrogen) atoms. The monoisotopic (exact) mass is 238 g/mol. The second-order valence-corrected chi connectivity index (χ2v) is 4.94. The molecule has 2 heterocycles. The first-order chi connectivity index (χ1) is 7.86. The molecule has 0 bridgehead atoms. The van der Waals surface area contributed by atoms with Crippen LogP contribution in [0.25, 0.3) is 0 Å². The molecule has 1 unspecified atom stereocenters. The van der Waals surface area contributed by atoms with Gasteiger partial charge in [0, 0.05) is 6.20 Å². The fourth-order valence-electron chi connectivity index (χ4n) is 2.19. The Hall–Kier alpha value is -0.600. The van der Waals surface area contributed by atoms with Crippen molar-refractivity contribution in [3.63, 3.8) is 0 Å². The van der Waals surface area contributed by atoms with E-state index in [0.717, 1.165) is 18.7 Å². The molecule has 0 aliphatic carbocycles. The minimum absolute atomic E-state index is 0.0585. The van der Waals surface area contributed by atoms with Crippen LogP contribution in [0.15, 0.2) is 24.4 Å². The third kappa shape index (κ3) is 3.46. The van der Waals surface area contributed by atoms with Gasteiger partial charge in [-0.15, -0.1) is 11.6 Å². The fraction of sp³-hybridized carbons (Fsp3) is 0.615. The largest absolute Gasteiger partial charge is 0.303 e. The molecule has 1 aromatic heterocycles. The third-order valence-electron chi connectivity index (χ3n) is 3.16. The maximum Gasteiger partial charge on any atom is 0.0769 e. The minimum Gasteiger partial charge on any atom is -0.303 e. The van der Waals surface area contributed by atoms with Crippen LogP contribution < -0.4 is 0 Å². The standard InChI is InChI=1S/C13H19ClN2/c14-12(13-6-2-3-8-15-13)7-11-16-9-4-1-5-10-16/h2-3,6,8,12H,1,4-5,7,9-11H2. The molecule has 0 saturated carbocycles. The van der Waals surface area contributed by atoms with Gasteiger partial charge in [0.05, 0.1) is 11.1 Å². The van der Waals surface area contributed by atoms with E-state index in [1.807, 2.05) is 24.4 Å². The topological polar surface area (TPSA) is 16.1 Å². The Morgan fingerprint density at radius 2 is 2.06 bits per heavy atom. The van der Waals surface area contributed by atoms with Crippen molar-refractivity contribution in [3.05, 3.63) is 30.1 Å². The van der Waals surface area contributed by atoms with Crippen molar-refractivity contribution in [2.24, 2.45) is 0 Å². The number of likely N-dealkylation sites (tertiary alicyclic amines) is 1. The first-order valence-electron chi connectivity index (χ1n) is 6.13. The number of hydrogen-bond acceptors (Lipinski definition) is 2. The zero-order valence-electron chi connectivity index (χ0n) is 9.61. The Kier molecular flexibility index (Phi) is 4.61. The highest BCUT2D eigenvalue weighted by atomic mass is 35.5. The van der Waals surface area contributed by atoms with Crippen LogP contribution in [0.5, 0.6) is 0 Å². The van der Waals surface area contributed by atoms with Crippen molar-refractivity contribution in [1.82, 2.24) is 9.88 Å². The van der Waals surface area contributed by atoms with E-state index in [1.54, 1.807) is 0 Å². The van der Waals surface area contributed by atoms with Gasteiger partial charge in [-0.3, -0.25) is 4.98 Å². The summed E-state index contributed by atoms with van der Waals surface area (Å²) in [5.74, 6) is 0. The normalized spacial score (nSPS) is 19.6. The van der Waals surface area contributed by atoms with Crippen molar-refractivity contribution in [1.29, 1.82) is 0 Å². The summed E-state index contributed by atoms with van der Waals surface area (Å²) in [6.07, 6.45) is 6.89. The summed E-state index contributed by atoms with van der Waals surface area (Å²) < 4.78 is 0. The van der Waals surface area contributed by atoms with Crippen LogP contribution in [0.2, 0.25) is 0 Å². The maximum absolute atomic E-state index is 6.34. The Morgan fingerprint density at radius 3 is 2.75 bits per heavy atom. The summed E-state index contributed by atoms with van der Waals surface area (Å²) in [5.41, 5.74) is 1.00. The number of rotatable bonds is 4. The van der Waals surface area contributed by atoms with Crippen molar-refractivity contribution >= 4 is 11.6 Å². The van der Waals surface area contributed by atoms with Crippen molar-refractivity contribution in [2.75, 3.05) is 19.6 Å². The molecule has 88 valence electrons. The molecule has 0 aromatic carbocycles. The zero-order chi connectivity index (χ0) is 11.2. The Labute approximate surface area is 103 Å². The highest BCUT2D eigenvalue weighted by Gasteiger charge is 2.13. The van der Waals surface area contributed by atoms with Crippen LogP contribution in [0, 0.1) is 0 Å². The molecule has 1 aliphatic rings. The number of nitrogens with zero attached hydrogens (tertiary/aromatic N) is 2. The van der Waals surface area contributed by atoms with Gasteiger partial charge in [0.15, 0.2) is 0 Å². The number of alkyl halides is 1. The number of aromatic nitrogens is 1. The predicted molar refractivity (Wildman–Crippen MR) is 67.7 cm³/mol. The lowest BCUT2D eigenvalue weighted by Gasteiger charge is -2.27. The molecule has 1 atom stereocenters. The van der Waals surface area contributed by atoms with Gasteiger partial charge >= 0.3 is 0 Å². The van der Waals surface area contributed by atoms with Crippen molar-refractivity contribution in [2.45, 2.75) is 31.1 Å². The van der Waals surface area contributed by atoms with Gasteiger partial charge in [-0.05, 0) is 51.0 Å². The molecule has 2 rings (SSSR count). The molecule has 0 N–H and O–H groups in total. The molecule has 0 amide bonds. The van der Waals surface area contributed by atoms with Gasteiger partial charge in [-0.25, -0.2) is 0 Å². The quantitative estimate of drug-likeness (QED) is 0.749. The summed E-state index contributed by atoms with van der Waals surface area (Å²) in [7, 11) is 0. The van der Waals surface area contributed by atoms with E-state index in [0.29, 0.717) is 0 Å². The molecule has 1 aliphatic heterocycles. The van der Waals surface area contributed by atoms with Crippen LogP contribution in [0.3, 0.4) is 0 Å². The van der Waals surface area contributed by atoms with E-state index in [4.69, 9.17) is 11.6 Å². The van der Waals surface area contributed by atoms with E-state index < -0.39 is 0 Å². The van der Waals surface area contributed by atoms with E-state index >= 15 is 0 Å². The van der Waals surface area contributed by atoms with Gasteiger partial charge in [0.2, 0.25) is 0 Å². The first kappa shape index (κ1) is 11.9. The smallest absolute Gasteiger partial charge is 0.0769 e. The van der Waals surface area contributed by atoms with Gasteiger partial charge in [-0.1, -0.05) is 12.5 Å². The summed E-state index contributed by atoms with van der Waals surface area (Å²) >= 11 is 6.34. The van der Waals surface area contributed by atoms with Crippen molar-refractivity contribution < 1.29 is 0 Å². The first-order valence-corrected chi connectivity index (χ1v) is 6.57. The van der Waals surface area contributed by atoms with Crippen LogP contribution in [0.1, 0.15) is 36.8 Å². The number of hydrogen-bond donors (Lipinski definition) is 0. The lowest BCUT2D eigenvalue weighted by Crippen LogP contribution is -2.31. The summed E-state index contributed by atoms with van der Waals surface area (Å²) in [4.78, 5) is 6.81. The number of piperidine rings is 1. The van der Waals surface area contributed by atoms with Gasteiger partial charge in [0.1, 0.15) is 0 Å². The molecule has 2 nitrogen and oxygen atoms in total. The third-order valence-corrected chi connectivity index (χ3v) is 3.60. The number of pyridine rings is 1. The zero-order valence-corrected chi connectivity index (χ0v) is 10.4. The Bertz CT molecular complexity index is 296. The molecular formula is C13H19ClN2. The molecule has 3 heteroatoms. The second kappa shape index (κ2) is 6.21. The SMILES string of the molecule is ClC(CCN1CCCCC1)c1ccccn1. The average Bonchev–Trinajstić information content (AvgIpc) is 2.38. The van der Waals surface area contributed by atoms with E-state index in [2.05, 4.69) is 9.88 Å². The fourth-order valence-corrected chi connectivity index (χ4v) is 2.41. The van der Waals surface area contributed by atoms with Crippen molar-refractivity contribution in [3.8, 4) is 0 Å². The Morgan fingerprint density at radius 1 is 1.25 bits per heavy atom. The summed E-state index contributed by atoms with van der Waals surface area (Å²) in [5, 5.41) is 0.0585. The highest BCUT2D eigenvalue weighted by molar-refractivity contribution is 6.20. The molecular weight excluding hydrogens is 220 g/mol. The minimum atomic E-state index is 0.0585. The van der Waals surface area contributed by atoms with E-state index in [9.17, 15) is 0 Å². The lowest BCUT2D eigenvalue weighted by atomic mass is 10.1.